The van der Waals surface area contributed by atoms with Gasteiger partial charge in [0, 0.05) is 11.1 Å². The van der Waals surface area contributed by atoms with Gasteiger partial charge in [-0.25, -0.2) is 0 Å². The van der Waals surface area contributed by atoms with Crippen LogP contribution >= 0.6 is 11.6 Å². The molecule has 0 aliphatic carbocycles. The van der Waals surface area contributed by atoms with E-state index in [2.05, 4.69) is 9.47 Å². The Labute approximate surface area is 104 Å². The van der Waals surface area contributed by atoms with Crippen LogP contribution in [0, 0.1) is 0 Å². The van der Waals surface area contributed by atoms with E-state index in [1.807, 2.05) is 0 Å². The number of benzene rings is 1. The number of rotatable bonds is 5. The number of carbonyl (C=O) groups is 1. The van der Waals surface area contributed by atoms with Crippen molar-refractivity contribution < 1.29 is 31.8 Å². The molecule has 0 atom stereocenters. The number of halogens is 5. The van der Waals surface area contributed by atoms with Crippen molar-refractivity contribution in [3.8, 4) is 11.5 Å². The number of hydrogen-bond acceptors (Lipinski definition) is 3. The van der Waals surface area contributed by atoms with Crippen LogP contribution in [0.3, 0.4) is 0 Å². The van der Waals surface area contributed by atoms with Crippen LogP contribution in [0.1, 0.15) is 17.3 Å². The maximum absolute atomic E-state index is 12.2. The van der Waals surface area contributed by atoms with E-state index in [0.29, 0.717) is 0 Å². The Morgan fingerprint density at radius 1 is 1.17 bits per heavy atom. The van der Waals surface area contributed by atoms with E-state index in [9.17, 15) is 22.4 Å². The number of Topliss-reactive ketones (excluding diaryl/α,β-unsaturated/α-hetero) is 1. The molecular weight excluding hydrogens is 280 g/mol. The van der Waals surface area contributed by atoms with Crippen LogP contribution in [0.25, 0.3) is 0 Å². The molecule has 0 unspecified atom stereocenters. The molecule has 8 heteroatoms. The van der Waals surface area contributed by atoms with Crippen molar-refractivity contribution in [3.05, 3.63) is 22.7 Å². The molecule has 1 aromatic carbocycles. The van der Waals surface area contributed by atoms with Crippen molar-refractivity contribution in [2.24, 2.45) is 0 Å². The Morgan fingerprint density at radius 2 is 1.72 bits per heavy atom. The van der Waals surface area contributed by atoms with E-state index in [-0.39, 0.29) is 10.6 Å². The summed E-state index contributed by atoms with van der Waals surface area (Å²) in [7, 11) is 0. The van der Waals surface area contributed by atoms with Gasteiger partial charge in [0.15, 0.2) is 17.3 Å². The molecule has 0 aromatic heterocycles. The Kier molecular flexibility index (Phi) is 4.77. The molecule has 0 fully saturated rings. The minimum Gasteiger partial charge on any atom is -0.431 e. The SMILES string of the molecule is CC(=O)c1cc(Cl)cc(OC(F)F)c1OC(F)F. The van der Waals surface area contributed by atoms with Crippen molar-refractivity contribution in [1.29, 1.82) is 0 Å². The summed E-state index contributed by atoms with van der Waals surface area (Å²) in [5.74, 6) is -2.16. The molecule has 0 spiro atoms. The van der Waals surface area contributed by atoms with Crippen LogP contribution < -0.4 is 9.47 Å². The van der Waals surface area contributed by atoms with Gasteiger partial charge in [-0.3, -0.25) is 4.79 Å². The molecule has 0 bridgehead atoms. The van der Waals surface area contributed by atoms with Gasteiger partial charge in [0.05, 0.1) is 5.56 Å². The molecular formula is C10H7ClF4O3. The molecule has 3 nitrogen and oxygen atoms in total. The molecule has 1 rings (SSSR count). The predicted molar refractivity (Wildman–Crippen MR) is 54.7 cm³/mol. The zero-order valence-electron chi connectivity index (χ0n) is 8.92. The molecule has 1 aromatic rings. The van der Waals surface area contributed by atoms with E-state index in [4.69, 9.17) is 11.6 Å². The van der Waals surface area contributed by atoms with Gasteiger partial charge in [-0.05, 0) is 13.0 Å². The van der Waals surface area contributed by atoms with E-state index in [0.717, 1.165) is 19.1 Å². The zero-order chi connectivity index (χ0) is 13.9. The summed E-state index contributed by atoms with van der Waals surface area (Å²) in [5.41, 5.74) is -0.363. The number of hydrogen-bond donors (Lipinski definition) is 0. The first kappa shape index (κ1) is 14.6. The third-order valence-corrected chi connectivity index (χ3v) is 2.04. The number of alkyl halides is 4. The Morgan fingerprint density at radius 3 is 2.17 bits per heavy atom. The van der Waals surface area contributed by atoms with E-state index in [1.54, 1.807) is 0 Å². The molecule has 0 heterocycles. The quantitative estimate of drug-likeness (QED) is 0.611. The fourth-order valence-corrected chi connectivity index (χ4v) is 1.43. The normalized spacial score (nSPS) is 10.9. The van der Waals surface area contributed by atoms with Gasteiger partial charge < -0.3 is 9.47 Å². The van der Waals surface area contributed by atoms with Gasteiger partial charge in [-0.15, -0.1) is 0 Å². The lowest BCUT2D eigenvalue weighted by Crippen LogP contribution is -2.11. The summed E-state index contributed by atoms with van der Waals surface area (Å²) in [6.45, 7) is -5.50. The molecule has 0 saturated carbocycles. The topological polar surface area (TPSA) is 35.5 Å². The maximum atomic E-state index is 12.2. The van der Waals surface area contributed by atoms with Crippen LogP contribution in [0.4, 0.5) is 17.6 Å². The largest absolute Gasteiger partial charge is 0.431 e. The Bertz CT molecular complexity index is 451. The first-order valence-corrected chi connectivity index (χ1v) is 4.93. The lowest BCUT2D eigenvalue weighted by atomic mass is 10.1. The van der Waals surface area contributed by atoms with E-state index < -0.39 is 30.5 Å². The highest BCUT2D eigenvalue weighted by molar-refractivity contribution is 6.31. The molecule has 0 N–H and O–H groups in total. The Hall–Kier alpha value is -1.50. The van der Waals surface area contributed by atoms with Gasteiger partial charge in [0.25, 0.3) is 0 Å². The molecule has 0 amide bonds. The molecule has 0 saturated heterocycles. The predicted octanol–water partition coefficient (Wildman–Crippen LogP) is 3.75. The second-order valence-electron chi connectivity index (χ2n) is 3.09. The second kappa shape index (κ2) is 5.90. The van der Waals surface area contributed by atoms with Crippen molar-refractivity contribution >= 4 is 17.4 Å². The van der Waals surface area contributed by atoms with E-state index in [1.165, 1.54) is 0 Å². The van der Waals surface area contributed by atoms with Crippen LogP contribution in [0.15, 0.2) is 12.1 Å². The summed E-state index contributed by atoms with van der Waals surface area (Å²) in [6.07, 6.45) is 0. The minimum atomic E-state index is -3.29. The average molecular weight is 287 g/mol. The fraction of sp³-hybridized carbons (Fsp3) is 0.300. The molecule has 0 aliphatic rings. The van der Waals surface area contributed by atoms with Gasteiger partial charge in [-0.2, -0.15) is 17.6 Å². The first-order chi connectivity index (χ1) is 8.31. The summed E-state index contributed by atoms with van der Waals surface area (Å²) < 4.78 is 56.6. The minimum absolute atomic E-state index is 0.113. The second-order valence-corrected chi connectivity index (χ2v) is 3.53. The average Bonchev–Trinajstić information content (AvgIpc) is 2.19. The first-order valence-electron chi connectivity index (χ1n) is 4.55. The molecule has 0 radical (unpaired) electrons. The van der Waals surface area contributed by atoms with Crippen molar-refractivity contribution in [3.63, 3.8) is 0 Å². The monoisotopic (exact) mass is 286 g/mol. The van der Waals surface area contributed by atoms with Crippen LogP contribution in [-0.4, -0.2) is 19.0 Å². The smallest absolute Gasteiger partial charge is 0.387 e. The molecule has 100 valence electrons. The highest BCUT2D eigenvalue weighted by Gasteiger charge is 2.21. The lowest BCUT2D eigenvalue weighted by molar-refractivity contribution is -0.0694. The van der Waals surface area contributed by atoms with Crippen LogP contribution in [-0.2, 0) is 0 Å². The lowest BCUT2D eigenvalue weighted by Gasteiger charge is -2.14. The summed E-state index contributed by atoms with van der Waals surface area (Å²) in [6, 6.07) is 1.89. The summed E-state index contributed by atoms with van der Waals surface area (Å²) in [5, 5.41) is -0.113. The number of ketones is 1. The summed E-state index contributed by atoms with van der Waals surface area (Å²) >= 11 is 5.57. The van der Waals surface area contributed by atoms with Crippen molar-refractivity contribution in [2.75, 3.05) is 0 Å². The standard InChI is InChI=1S/C10H7ClF4O3/c1-4(16)6-2-5(11)3-7(17-9(12)13)8(6)18-10(14)15/h2-3,9-10H,1H3. The van der Waals surface area contributed by atoms with Crippen molar-refractivity contribution in [1.82, 2.24) is 0 Å². The number of ether oxygens (including phenoxy) is 2. The van der Waals surface area contributed by atoms with E-state index >= 15 is 0 Å². The number of carbonyl (C=O) groups excluding carboxylic acids is 1. The van der Waals surface area contributed by atoms with Crippen LogP contribution in [0.5, 0.6) is 11.5 Å². The van der Waals surface area contributed by atoms with Gasteiger partial charge >= 0.3 is 13.2 Å². The third kappa shape index (κ3) is 3.76. The third-order valence-electron chi connectivity index (χ3n) is 1.82. The molecule has 0 aliphatic heterocycles. The van der Waals surface area contributed by atoms with Crippen molar-refractivity contribution in [2.45, 2.75) is 20.1 Å². The van der Waals surface area contributed by atoms with Gasteiger partial charge in [-0.1, -0.05) is 11.6 Å². The maximum Gasteiger partial charge on any atom is 0.387 e. The zero-order valence-corrected chi connectivity index (χ0v) is 9.68. The summed E-state index contributed by atoms with van der Waals surface area (Å²) in [4.78, 5) is 11.2. The van der Waals surface area contributed by atoms with Gasteiger partial charge in [0.2, 0.25) is 0 Å². The highest BCUT2D eigenvalue weighted by atomic mass is 35.5. The molecule has 18 heavy (non-hydrogen) atoms. The van der Waals surface area contributed by atoms with Gasteiger partial charge in [0.1, 0.15) is 0 Å². The fourth-order valence-electron chi connectivity index (χ4n) is 1.22. The van der Waals surface area contributed by atoms with Crippen LogP contribution in [0.2, 0.25) is 5.02 Å². The highest BCUT2D eigenvalue weighted by Crippen LogP contribution is 2.37. The Balaban J connectivity index is 3.32.